The fourth-order valence-corrected chi connectivity index (χ4v) is 1.72. The first-order chi connectivity index (χ1) is 6.24. The van der Waals surface area contributed by atoms with Crippen LogP contribution >= 0.6 is 11.8 Å². The third-order valence-electron chi connectivity index (χ3n) is 1.49. The van der Waals surface area contributed by atoms with Gasteiger partial charge in [-0.25, -0.2) is 9.97 Å². The van der Waals surface area contributed by atoms with E-state index < -0.39 is 0 Å². The van der Waals surface area contributed by atoms with Crippen LogP contribution in [0.2, 0.25) is 0 Å². The average molecular weight is 199 g/mol. The van der Waals surface area contributed by atoms with Gasteiger partial charge in [0.2, 0.25) is 5.95 Å². The fraction of sp³-hybridized carbons (Fsp3) is 0.500. The summed E-state index contributed by atoms with van der Waals surface area (Å²) in [5.41, 5.74) is 6.47. The molecule has 0 saturated heterocycles. The highest BCUT2D eigenvalue weighted by Gasteiger charge is 2.01. The van der Waals surface area contributed by atoms with E-state index in [1.807, 2.05) is 6.92 Å². The summed E-state index contributed by atoms with van der Waals surface area (Å²) in [6.07, 6.45) is 2.48. The molecule has 0 aromatic carbocycles. The molecule has 0 unspecified atom stereocenters. The number of aromatic nitrogens is 2. The van der Waals surface area contributed by atoms with Gasteiger partial charge in [-0.05, 0) is 18.9 Å². The number of nitrogen functional groups attached to an aromatic ring is 1. The molecule has 3 N–H and O–H groups in total. The number of anilines is 1. The van der Waals surface area contributed by atoms with Gasteiger partial charge >= 0.3 is 0 Å². The highest BCUT2D eigenvalue weighted by Crippen LogP contribution is 2.20. The van der Waals surface area contributed by atoms with Crippen molar-refractivity contribution in [2.75, 3.05) is 18.1 Å². The quantitative estimate of drug-likeness (QED) is 0.427. The summed E-state index contributed by atoms with van der Waals surface area (Å²) in [4.78, 5) is 7.96. The van der Waals surface area contributed by atoms with Crippen molar-refractivity contribution >= 4 is 17.7 Å². The molecule has 0 fully saturated rings. The highest BCUT2D eigenvalue weighted by atomic mass is 32.2. The molecule has 0 aliphatic carbocycles. The van der Waals surface area contributed by atoms with Gasteiger partial charge in [-0.15, -0.1) is 11.8 Å². The van der Waals surface area contributed by atoms with Crippen LogP contribution in [-0.4, -0.2) is 27.4 Å². The van der Waals surface area contributed by atoms with Gasteiger partial charge in [-0.2, -0.15) is 0 Å². The van der Waals surface area contributed by atoms with E-state index in [1.165, 1.54) is 0 Å². The largest absolute Gasteiger partial charge is 0.396 e. The third kappa shape index (κ3) is 3.20. The molecule has 0 saturated carbocycles. The van der Waals surface area contributed by atoms with Crippen LogP contribution in [0.1, 0.15) is 12.0 Å². The van der Waals surface area contributed by atoms with Crippen molar-refractivity contribution in [3.63, 3.8) is 0 Å². The lowest BCUT2D eigenvalue weighted by Gasteiger charge is -2.03. The lowest BCUT2D eigenvalue weighted by Crippen LogP contribution is -1.98. The lowest BCUT2D eigenvalue weighted by atomic mass is 10.4. The van der Waals surface area contributed by atoms with E-state index in [0.717, 1.165) is 22.8 Å². The van der Waals surface area contributed by atoms with Crippen molar-refractivity contribution in [2.45, 2.75) is 18.4 Å². The van der Waals surface area contributed by atoms with Crippen LogP contribution in [0.3, 0.4) is 0 Å². The number of aliphatic hydroxyl groups excluding tert-OH is 1. The van der Waals surface area contributed by atoms with Crippen molar-refractivity contribution in [1.82, 2.24) is 9.97 Å². The van der Waals surface area contributed by atoms with Crippen LogP contribution in [0.4, 0.5) is 5.95 Å². The third-order valence-corrected chi connectivity index (χ3v) is 2.66. The molecule has 4 nitrogen and oxygen atoms in total. The van der Waals surface area contributed by atoms with E-state index in [4.69, 9.17) is 10.8 Å². The summed E-state index contributed by atoms with van der Waals surface area (Å²) in [5, 5.41) is 9.50. The van der Waals surface area contributed by atoms with Gasteiger partial charge < -0.3 is 10.8 Å². The van der Waals surface area contributed by atoms with Crippen LogP contribution in [-0.2, 0) is 0 Å². The molecule has 1 heterocycles. The maximum Gasteiger partial charge on any atom is 0.221 e. The zero-order chi connectivity index (χ0) is 9.68. The van der Waals surface area contributed by atoms with Gasteiger partial charge in [0.25, 0.3) is 0 Å². The van der Waals surface area contributed by atoms with E-state index in [1.54, 1.807) is 18.0 Å². The van der Waals surface area contributed by atoms with Gasteiger partial charge in [0.1, 0.15) is 5.03 Å². The smallest absolute Gasteiger partial charge is 0.221 e. The molecule has 0 bridgehead atoms. The Morgan fingerprint density at radius 1 is 1.62 bits per heavy atom. The molecule has 13 heavy (non-hydrogen) atoms. The minimum atomic E-state index is 0.215. The minimum Gasteiger partial charge on any atom is -0.396 e. The first-order valence-corrected chi connectivity index (χ1v) is 5.05. The number of hydrogen-bond acceptors (Lipinski definition) is 5. The number of hydrogen-bond donors (Lipinski definition) is 2. The molecule has 1 aromatic rings. The standard InChI is InChI=1S/C8H13N3OS/c1-6-5-10-8(9)11-7(6)13-4-2-3-12/h5,12H,2-4H2,1H3,(H2,9,10,11). The van der Waals surface area contributed by atoms with Crippen molar-refractivity contribution in [3.05, 3.63) is 11.8 Å². The highest BCUT2D eigenvalue weighted by molar-refractivity contribution is 7.99. The van der Waals surface area contributed by atoms with E-state index >= 15 is 0 Å². The Hall–Kier alpha value is -0.810. The summed E-state index contributed by atoms with van der Waals surface area (Å²) >= 11 is 1.59. The van der Waals surface area contributed by atoms with E-state index in [9.17, 15) is 0 Å². The number of nitrogens with zero attached hydrogens (tertiary/aromatic N) is 2. The number of aliphatic hydroxyl groups is 1. The SMILES string of the molecule is Cc1cnc(N)nc1SCCCO. The molecular formula is C8H13N3OS. The molecule has 0 radical (unpaired) electrons. The predicted molar refractivity (Wildman–Crippen MR) is 53.6 cm³/mol. The van der Waals surface area contributed by atoms with Gasteiger partial charge in [-0.1, -0.05) is 0 Å². The second-order valence-corrected chi connectivity index (χ2v) is 3.73. The zero-order valence-corrected chi connectivity index (χ0v) is 8.34. The maximum absolute atomic E-state index is 8.60. The maximum atomic E-state index is 8.60. The van der Waals surface area contributed by atoms with Crippen LogP contribution in [0.25, 0.3) is 0 Å². The Balaban J connectivity index is 2.59. The van der Waals surface area contributed by atoms with Gasteiger partial charge in [0.15, 0.2) is 0 Å². The van der Waals surface area contributed by atoms with Gasteiger partial charge in [-0.3, -0.25) is 0 Å². The molecule has 0 aliphatic rings. The number of aryl methyl sites for hydroxylation is 1. The predicted octanol–water partition coefficient (Wildman–Crippen LogP) is 0.842. The fourth-order valence-electron chi connectivity index (χ4n) is 0.819. The molecule has 0 spiro atoms. The van der Waals surface area contributed by atoms with Crippen molar-refractivity contribution in [2.24, 2.45) is 0 Å². The summed E-state index contributed by atoms with van der Waals surface area (Å²) in [7, 11) is 0. The monoisotopic (exact) mass is 199 g/mol. The summed E-state index contributed by atoms with van der Waals surface area (Å²) in [6.45, 7) is 2.16. The summed E-state index contributed by atoms with van der Waals surface area (Å²) in [6, 6.07) is 0. The average Bonchev–Trinajstić information content (AvgIpc) is 2.11. The summed E-state index contributed by atoms with van der Waals surface area (Å²) in [5.74, 6) is 1.16. The first kappa shape index (κ1) is 10.3. The molecular weight excluding hydrogens is 186 g/mol. The zero-order valence-electron chi connectivity index (χ0n) is 7.53. The molecule has 1 aromatic heterocycles. The Bertz CT molecular complexity index is 280. The van der Waals surface area contributed by atoms with E-state index in [0.29, 0.717) is 5.95 Å². The molecule has 0 amide bonds. The molecule has 0 atom stereocenters. The molecule has 5 heteroatoms. The normalized spacial score (nSPS) is 10.3. The van der Waals surface area contributed by atoms with Gasteiger partial charge in [0, 0.05) is 18.6 Å². The van der Waals surface area contributed by atoms with Crippen LogP contribution in [0.5, 0.6) is 0 Å². The second kappa shape index (κ2) is 5.04. The van der Waals surface area contributed by atoms with Gasteiger partial charge in [0.05, 0.1) is 0 Å². The van der Waals surface area contributed by atoms with Crippen molar-refractivity contribution in [1.29, 1.82) is 0 Å². The van der Waals surface area contributed by atoms with Crippen LogP contribution in [0.15, 0.2) is 11.2 Å². The first-order valence-electron chi connectivity index (χ1n) is 4.07. The van der Waals surface area contributed by atoms with Crippen molar-refractivity contribution in [3.8, 4) is 0 Å². The Labute approximate surface area is 81.6 Å². The minimum absolute atomic E-state index is 0.215. The topological polar surface area (TPSA) is 72.0 Å². The molecule has 1 rings (SSSR count). The van der Waals surface area contributed by atoms with Crippen molar-refractivity contribution < 1.29 is 5.11 Å². The lowest BCUT2D eigenvalue weighted by molar-refractivity contribution is 0.296. The Morgan fingerprint density at radius 2 is 2.38 bits per heavy atom. The van der Waals surface area contributed by atoms with E-state index in [-0.39, 0.29) is 6.61 Å². The van der Waals surface area contributed by atoms with E-state index in [2.05, 4.69) is 9.97 Å². The van der Waals surface area contributed by atoms with Crippen LogP contribution < -0.4 is 5.73 Å². The number of rotatable bonds is 4. The Kier molecular flexibility index (Phi) is 3.98. The number of thioether (sulfide) groups is 1. The second-order valence-electron chi connectivity index (χ2n) is 2.64. The molecule has 72 valence electrons. The van der Waals surface area contributed by atoms with Crippen LogP contribution in [0, 0.1) is 6.92 Å². The molecule has 0 aliphatic heterocycles. The number of nitrogens with two attached hydrogens (primary N) is 1. The summed E-state index contributed by atoms with van der Waals surface area (Å²) < 4.78 is 0. The Morgan fingerprint density at radius 3 is 3.08 bits per heavy atom.